The van der Waals surface area contributed by atoms with E-state index in [4.69, 9.17) is 9.72 Å². The zero-order valence-corrected chi connectivity index (χ0v) is 19.8. The normalized spacial score (nSPS) is 18.0. The maximum atomic E-state index is 11.0. The van der Waals surface area contributed by atoms with Crippen LogP contribution in [0.2, 0.25) is 0 Å². The third kappa shape index (κ3) is 5.09. The number of ether oxygens (including phenoxy) is 1. The van der Waals surface area contributed by atoms with Gasteiger partial charge in [-0.3, -0.25) is 4.98 Å². The number of para-hydroxylation sites is 1. The van der Waals surface area contributed by atoms with Gasteiger partial charge < -0.3 is 25.4 Å². The van der Waals surface area contributed by atoms with Gasteiger partial charge in [-0.05, 0) is 55.8 Å². The number of aliphatic hydroxyl groups is 1. The summed E-state index contributed by atoms with van der Waals surface area (Å²) in [6, 6.07) is 12.6. The first-order valence-corrected chi connectivity index (χ1v) is 12.6. The van der Waals surface area contributed by atoms with Gasteiger partial charge in [-0.2, -0.15) is 0 Å². The number of piperidine rings is 1. The molecule has 33 heavy (non-hydrogen) atoms. The lowest BCUT2D eigenvalue weighted by Gasteiger charge is -2.33. The summed E-state index contributed by atoms with van der Waals surface area (Å²) in [7, 11) is 1.65. The number of hydrogen-bond acceptors (Lipinski definition) is 8. The van der Waals surface area contributed by atoms with Crippen LogP contribution >= 0.6 is 11.8 Å². The number of likely N-dealkylation sites (tertiary alicyclic amines) is 1. The number of nitrogens with zero attached hydrogens (tertiary/aromatic N) is 3. The largest absolute Gasteiger partial charge is 0.494 e. The summed E-state index contributed by atoms with van der Waals surface area (Å²) in [5.74, 6) is 2.86. The third-order valence-electron chi connectivity index (χ3n) is 6.51. The lowest BCUT2D eigenvalue weighted by atomic mass is 10.0. The summed E-state index contributed by atoms with van der Waals surface area (Å²) in [4.78, 5) is 12.8. The highest BCUT2D eigenvalue weighted by Gasteiger charge is 2.23. The van der Waals surface area contributed by atoms with Crippen molar-refractivity contribution in [3.05, 3.63) is 53.9 Å². The first-order valence-electron chi connectivity index (χ1n) is 11.6. The van der Waals surface area contributed by atoms with E-state index in [0.29, 0.717) is 12.6 Å². The van der Waals surface area contributed by atoms with E-state index in [2.05, 4.69) is 32.7 Å². The minimum Gasteiger partial charge on any atom is -0.494 e. The molecule has 0 bridgehead atoms. The van der Waals surface area contributed by atoms with Crippen LogP contribution < -0.4 is 15.4 Å². The molecule has 0 spiro atoms. The third-order valence-corrected chi connectivity index (χ3v) is 7.55. The van der Waals surface area contributed by atoms with E-state index in [-0.39, 0.29) is 0 Å². The summed E-state index contributed by atoms with van der Waals surface area (Å²) in [6.45, 7) is 4.33. The van der Waals surface area contributed by atoms with Gasteiger partial charge in [0.1, 0.15) is 17.1 Å². The first-order chi connectivity index (χ1) is 16.2. The number of hydrogen-bond donors (Lipinski definition) is 3. The van der Waals surface area contributed by atoms with Gasteiger partial charge in [-0.15, -0.1) is 11.8 Å². The number of fused-ring (bicyclic) bond motifs is 2. The molecular formula is C25H31N5O2S. The van der Waals surface area contributed by atoms with Crippen molar-refractivity contribution in [1.82, 2.24) is 20.2 Å². The molecule has 2 aromatic heterocycles. The Hall–Kier alpha value is -2.39. The number of methoxy groups -OCH3 is 1. The van der Waals surface area contributed by atoms with Crippen LogP contribution in [-0.2, 0) is 6.54 Å². The summed E-state index contributed by atoms with van der Waals surface area (Å²) in [6.07, 6.45) is 3.33. The second-order valence-electron chi connectivity index (χ2n) is 8.65. The Morgan fingerprint density at radius 3 is 2.97 bits per heavy atom. The lowest BCUT2D eigenvalue weighted by molar-refractivity contribution is 0.0948. The molecule has 3 N–H and O–H groups in total. The molecule has 4 heterocycles. The lowest BCUT2D eigenvalue weighted by Crippen LogP contribution is -2.43. The van der Waals surface area contributed by atoms with Crippen LogP contribution in [0.1, 0.15) is 30.2 Å². The highest BCUT2D eigenvalue weighted by molar-refractivity contribution is 7.99. The summed E-state index contributed by atoms with van der Waals surface area (Å²) >= 11 is 1.87. The monoisotopic (exact) mass is 465 g/mol. The van der Waals surface area contributed by atoms with Gasteiger partial charge in [-0.1, -0.05) is 12.1 Å². The molecule has 0 amide bonds. The molecule has 5 rings (SSSR count). The van der Waals surface area contributed by atoms with Crippen LogP contribution in [-0.4, -0.2) is 65.1 Å². The molecule has 2 aliphatic rings. The number of nitrogens with one attached hydrogen (secondary N) is 2. The van der Waals surface area contributed by atoms with Gasteiger partial charge in [0.15, 0.2) is 0 Å². The molecule has 8 heteroatoms. The van der Waals surface area contributed by atoms with E-state index < -0.39 is 6.10 Å². The van der Waals surface area contributed by atoms with Crippen molar-refractivity contribution in [2.24, 2.45) is 0 Å². The Bertz CT molecular complexity index is 1100. The smallest absolute Gasteiger partial charge is 0.145 e. The van der Waals surface area contributed by atoms with Crippen molar-refractivity contribution in [3.63, 3.8) is 0 Å². The van der Waals surface area contributed by atoms with Gasteiger partial charge in [0.25, 0.3) is 0 Å². The van der Waals surface area contributed by atoms with Crippen LogP contribution in [0.3, 0.4) is 0 Å². The standard InChI is InChI=1S/C25H31N5O2S/c1-32-22-4-2-3-20-19(7-10-26-24(20)22)21(31)16-30-12-8-17(9-13-30)28-15-18-5-6-23-25(29-18)27-11-14-33-23/h2-7,10,17,21,28,31H,8-9,11-16H2,1H3,(H,27,29)/t21-/m0/s1. The minimum absolute atomic E-state index is 0.476. The first kappa shape index (κ1) is 22.4. The highest BCUT2D eigenvalue weighted by Crippen LogP contribution is 2.30. The molecule has 1 aromatic carbocycles. The van der Waals surface area contributed by atoms with Gasteiger partial charge in [0.05, 0.1) is 18.9 Å². The fourth-order valence-electron chi connectivity index (χ4n) is 4.70. The fourth-order valence-corrected chi connectivity index (χ4v) is 5.54. The molecule has 2 aliphatic heterocycles. The number of aliphatic hydroxyl groups excluding tert-OH is 1. The molecule has 1 atom stereocenters. The van der Waals surface area contributed by atoms with Crippen molar-refractivity contribution < 1.29 is 9.84 Å². The Balaban J connectivity index is 1.14. The Kier molecular flexibility index (Phi) is 6.96. The Morgan fingerprint density at radius 2 is 2.12 bits per heavy atom. The van der Waals surface area contributed by atoms with Crippen LogP contribution in [0.15, 0.2) is 47.5 Å². The van der Waals surface area contributed by atoms with E-state index in [0.717, 1.165) is 78.5 Å². The maximum absolute atomic E-state index is 11.0. The zero-order valence-electron chi connectivity index (χ0n) is 19.0. The van der Waals surface area contributed by atoms with Crippen molar-refractivity contribution in [2.75, 3.05) is 44.4 Å². The zero-order chi connectivity index (χ0) is 22.6. The molecule has 7 nitrogen and oxygen atoms in total. The van der Waals surface area contributed by atoms with E-state index in [9.17, 15) is 5.11 Å². The number of β-amino-alcohol motifs (C(OH)–C–C–N with tert-alkyl or cyclic N) is 1. The van der Waals surface area contributed by atoms with Crippen LogP contribution in [0.25, 0.3) is 10.9 Å². The van der Waals surface area contributed by atoms with E-state index in [1.54, 1.807) is 13.3 Å². The number of thioether (sulfide) groups is 1. The highest BCUT2D eigenvalue weighted by atomic mass is 32.2. The Labute approximate surface area is 199 Å². The molecule has 1 fully saturated rings. The summed E-state index contributed by atoms with van der Waals surface area (Å²) < 4.78 is 5.44. The van der Waals surface area contributed by atoms with Crippen molar-refractivity contribution >= 4 is 28.5 Å². The van der Waals surface area contributed by atoms with Crippen LogP contribution in [0, 0.1) is 0 Å². The predicted octanol–water partition coefficient (Wildman–Crippen LogP) is 3.44. The number of anilines is 1. The van der Waals surface area contributed by atoms with Gasteiger partial charge in [0, 0.05) is 47.9 Å². The van der Waals surface area contributed by atoms with Crippen LogP contribution in [0.5, 0.6) is 5.75 Å². The average molecular weight is 466 g/mol. The van der Waals surface area contributed by atoms with E-state index in [1.807, 2.05) is 36.0 Å². The maximum Gasteiger partial charge on any atom is 0.145 e. The molecule has 1 saturated heterocycles. The number of rotatable bonds is 7. The molecule has 0 saturated carbocycles. The topological polar surface area (TPSA) is 82.5 Å². The van der Waals surface area contributed by atoms with Gasteiger partial charge in [0.2, 0.25) is 0 Å². The van der Waals surface area contributed by atoms with Crippen molar-refractivity contribution in [2.45, 2.75) is 36.4 Å². The predicted molar refractivity (Wildman–Crippen MR) is 133 cm³/mol. The number of aromatic nitrogens is 2. The Morgan fingerprint density at radius 1 is 1.24 bits per heavy atom. The molecule has 0 unspecified atom stereocenters. The van der Waals surface area contributed by atoms with E-state index in [1.165, 1.54) is 4.90 Å². The molecule has 3 aromatic rings. The molecular weight excluding hydrogens is 434 g/mol. The van der Waals surface area contributed by atoms with Crippen molar-refractivity contribution in [3.8, 4) is 5.75 Å². The molecule has 0 radical (unpaired) electrons. The number of pyridine rings is 2. The van der Waals surface area contributed by atoms with Gasteiger partial charge in [-0.25, -0.2) is 4.98 Å². The molecule has 174 valence electrons. The van der Waals surface area contributed by atoms with Gasteiger partial charge >= 0.3 is 0 Å². The SMILES string of the molecule is COc1cccc2c([C@@H](O)CN3CCC(NCc4ccc5c(n4)NCCS5)CC3)ccnc12. The quantitative estimate of drug-likeness (QED) is 0.490. The average Bonchev–Trinajstić information content (AvgIpc) is 2.87. The minimum atomic E-state index is -0.558. The second kappa shape index (κ2) is 10.3. The molecule has 0 aliphatic carbocycles. The second-order valence-corrected chi connectivity index (χ2v) is 9.79. The number of benzene rings is 1. The summed E-state index contributed by atoms with van der Waals surface area (Å²) in [5.41, 5.74) is 2.79. The van der Waals surface area contributed by atoms with Crippen LogP contribution in [0.4, 0.5) is 5.82 Å². The van der Waals surface area contributed by atoms with E-state index >= 15 is 0 Å². The van der Waals surface area contributed by atoms with Crippen molar-refractivity contribution in [1.29, 1.82) is 0 Å². The summed E-state index contributed by atoms with van der Waals surface area (Å²) in [5, 5.41) is 19.0. The fraction of sp³-hybridized carbons (Fsp3) is 0.440.